The molecule has 0 spiro atoms. The topological polar surface area (TPSA) is 17.1 Å². The van der Waals surface area contributed by atoms with Crippen LogP contribution in [0.3, 0.4) is 0 Å². The lowest BCUT2D eigenvalue weighted by molar-refractivity contribution is 0.103. The Morgan fingerprint density at radius 2 is 1.75 bits per heavy atom. The van der Waals surface area contributed by atoms with Gasteiger partial charge >= 0.3 is 0 Å². The molecule has 0 fully saturated rings. The summed E-state index contributed by atoms with van der Waals surface area (Å²) in [6.07, 6.45) is 3.47. The minimum Gasteiger partial charge on any atom is -0.289 e. The molecular weight excluding hydrogens is 312 g/mol. The van der Waals surface area contributed by atoms with Crippen LogP contribution in [0.2, 0.25) is 0 Å². The molecule has 0 saturated heterocycles. The van der Waals surface area contributed by atoms with E-state index in [0.29, 0.717) is 0 Å². The molecule has 0 aromatic heterocycles. The lowest BCUT2D eigenvalue weighted by Crippen LogP contribution is -2.02. The lowest BCUT2D eigenvalue weighted by Gasteiger charge is -2.05. The predicted octanol–water partition coefficient (Wildman–Crippen LogP) is 5.33. The summed E-state index contributed by atoms with van der Waals surface area (Å²) in [7, 11) is 0. The quantitative estimate of drug-likeness (QED) is 0.677. The van der Waals surface area contributed by atoms with Gasteiger partial charge in [-0.2, -0.15) is 0 Å². The third-order valence-electron chi connectivity index (χ3n) is 3.34. The van der Waals surface area contributed by atoms with Crippen molar-refractivity contribution in [1.29, 1.82) is 0 Å². The molecule has 0 aliphatic carbocycles. The molecule has 1 nitrogen and oxygen atoms in total. The number of unbranched alkanes of at least 4 members (excludes halogenated alkanes) is 1. The first kappa shape index (κ1) is 15.0. The Morgan fingerprint density at radius 3 is 2.35 bits per heavy atom. The standard InChI is InChI=1S/C18H19BrO/c1-3-4-5-14-6-8-15(9-7-14)18(20)16-10-13(2)11-17(19)12-16/h6-12H,3-5H2,1-2H3. The van der Waals surface area contributed by atoms with Crippen molar-refractivity contribution < 1.29 is 4.79 Å². The Kier molecular flexibility index (Phi) is 5.13. The van der Waals surface area contributed by atoms with Crippen molar-refractivity contribution >= 4 is 21.7 Å². The van der Waals surface area contributed by atoms with Gasteiger partial charge in [0.05, 0.1) is 0 Å². The molecular formula is C18H19BrO. The number of hydrogen-bond acceptors (Lipinski definition) is 1. The number of halogens is 1. The molecule has 0 aliphatic rings. The van der Waals surface area contributed by atoms with E-state index in [1.165, 1.54) is 18.4 Å². The fourth-order valence-electron chi connectivity index (χ4n) is 2.24. The van der Waals surface area contributed by atoms with Crippen LogP contribution in [0.1, 0.15) is 46.8 Å². The van der Waals surface area contributed by atoms with Crippen molar-refractivity contribution in [2.45, 2.75) is 33.1 Å². The molecule has 0 saturated carbocycles. The molecule has 2 aromatic carbocycles. The number of aryl methyl sites for hydroxylation is 2. The average molecular weight is 331 g/mol. The monoisotopic (exact) mass is 330 g/mol. The van der Waals surface area contributed by atoms with Crippen LogP contribution in [0.5, 0.6) is 0 Å². The first-order valence-electron chi connectivity index (χ1n) is 7.01. The third kappa shape index (κ3) is 3.80. The molecule has 2 rings (SSSR count). The molecule has 20 heavy (non-hydrogen) atoms. The SMILES string of the molecule is CCCCc1ccc(C(=O)c2cc(C)cc(Br)c2)cc1. The van der Waals surface area contributed by atoms with E-state index in [-0.39, 0.29) is 5.78 Å². The summed E-state index contributed by atoms with van der Waals surface area (Å²) in [6.45, 7) is 4.18. The van der Waals surface area contributed by atoms with Gasteiger partial charge in [-0.1, -0.05) is 53.5 Å². The highest BCUT2D eigenvalue weighted by molar-refractivity contribution is 9.10. The molecule has 0 radical (unpaired) electrons. The summed E-state index contributed by atoms with van der Waals surface area (Å²) in [4.78, 5) is 12.5. The average Bonchev–Trinajstić information content (AvgIpc) is 2.44. The van der Waals surface area contributed by atoms with Crippen molar-refractivity contribution in [2.75, 3.05) is 0 Å². The summed E-state index contributed by atoms with van der Waals surface area (Å²) < 4.78 is 0.945. The molecule has 2 heteroatoms. The summed E-state index contributed by atoms with van der Waals surface area (Å²) in [5, 5.41) is 0. The van der Waals surface area contributed by atoms with E-state index in [1.807, 2.05) is 37.3 Å². The molecule has 2 aromatic rings. The minimum atomic E-state index is 0.0800. The second kappa shape index (κ2) is 6.85. The highest BCUT2D eigenvalue weighted by Crippen LogP contribution is 2.19. The first-order chi connectivity index (χ1) is 9.60. The van der Waals surface area contributed by atoms with E-state index >= 15 is 0 Å². The minimum absolute atomic E-state index is 0.0800. The molecule has 0 atom stereocenters. The second-order valence-corrected chi connectivity index (χ2v) is 6.06. The van der Waals surface area contributed by atoms with Crippen molar-refractivity contribution in [1.82, 2.24) is 0 Å². The first-order valence-corrected chi connectivity index (χ1v) is 7.80. The predicted molar refractivity (Wildman–Crippen MR) is 87.4 cm³/mol. The fourth-order valence-corrected chi connectivity index (χ4v) is 2.85. The van der Waals surface area contributed by atoms with Gasteiger partial charge in [-0.3, -0.25) is 4.79 Å². The molecule has 0 heterocycles. The molecule has 0 N–H and O–H groups in total. The fraction of sp³-hybridized carbons (Fsp3) is 0.278. The van der Waals surface area contributed by atoms with Gasteiger partial charge in [0.1, 0.15) is 0 Å². The number of hydrogen-bond donors (Lipinski definition) is 0. The second-order valence-electron chi connectivity index (χ2n) is 5.15. The zero-order chi connectivity index (χ0) is 14.5. The summed E-state index contributed by atoms with van der Waals surface area (Å²) in [5.41, 5.74) is 3.87. The van der Waals surface area contributed by atoms with Crippen LogP contribution in [0.4, 0.5) is 0 Å². The van der Waals surface area contributed by atoms with Gasteiger partial charge in [0.2, 0.25) is 0 Å². The van der Waals surface area contributed by atoms with E-state index < -0.39 is 0 Å². The zero-order valence-electron chi connectivity index (χ0n) is 11.9. The van der Waals surface area contributed by atoms with E-state index in [1.54, 1.807) is 0 Å². The number of benzene rings is 2. The Balaban J connectivity index is 2.20. The zero-order valence-corrected chi connectivity index (χ0v) is 13.5. The van der Waals surface area contributed by atoms with Gasteiger partial charge in [0, 0.05) is 15.6 Å². The maximum atomic E-state index is 12.5. The van der Waals surface area contributed by atoms with Gasteiger partial charge in [-0.05, 0) is 49.1 Å². The summed E-state index contributed by atoms with van der Waals surface area (Å²) in [6, 6.07) is 13.8. The molecule has 0 aliphatic heterocycles. The van der Waals surface area contributed by atoms with Gasteiger partial charge in [-0.15, -0.1) is 0 Å². The highest BCUT2D eigenvalue weighted by atomic mass is 79.9. The maximum Gasteiger partial charge on any atom is 0.193 e. The van der Waals surface area contributed by atoms with Crippen molar-refractivity contribution in [3.05, 3.63) is 69.2 Å². The highest BCUT2D eigenvalue weighted by Gasteiger charge is 2.10. The number of carbonyl (C=O) groups excluding carboxylic acids is 1. The van der Waals surface area contributed by atoms with Gasteiger partial charge in [0.25, 0.3) is 0 Å². The maximum absolute atomic E-state index is 12.5. The van der Waals surface area contributed by atoms with Crippen LogP contribution in [0.15, 0.2) is 46.9 Å². The van der Waals surface area contributed by atoms with Crippen LogP contribution >= 0.6 is 15.9 Å². The summed E-state index contributed by atoms with van der Waals surface area (Å²) >= 11 is 3.44. The Morgan fingerprint density at radius 1 is 1.05 bits per heavy atom. The van der Waals surface area contributed by atoms with Crippen LogP contribution < -0.4 is 0 Å². The summed E-state index contributed by atoms with van der Waals surface area (Å²) in [5.74, 6) is 0.0800. The molecule has 0 bridgehead atoms. The van der Waals surface area contributed by atoms with Crippen LogP contribution in [-0.2, 0) is 6.42 Å². The van der Waals surface area contributed by atoms with Crippen molar-refractivity contribution in [3.63, 3.8) is 0 Å². The van der Waals surface area contributed by atoms with E-state index in [0.717, 1.165) is 27.6 Å². The van der Waals surface area contributed by atoms with E-state index in [4.69, 9.17) is 0 Å². The number of ketones is 1. The molecule has 104 valence electrons. The van der Waals surface area contributed by atoms with Gasteiger partial charge in [-0.25, -0.2) is 0 Å². The Labute approximate surface area is 129 Å². The third-order valence-corrected chi connectivity index (χ3v) is 3.80. The van der Waals surface area contributed by atoms with E-state index in [9.17, 15) is 4.79 Å². The van der Waals surface area contributed by atoms with E-state index in [2.05, 4.69) is 35.0 Å². The van der Waals surface area contributed by atoms with Crippen LogP contribution in [-0.4, -0.2) is 5.78 Å². The molecule has 0 amide bonds. The lowest BCUT2D eigenvalue weighted by atomic mass is 9.99. The Hall–Kier alpha value is -1.41. The van der Waals surface area contributed by atoms with Gasteiger partial charge in [0.15, 0.2) is 5.78 Å². The number of rotatable bonds is 5. The molecule has 0 unspecified atom stereocenters. The van der Waals surface area contributed by atoms with Crippen molar-refractivity contribution in [3.8, 4) is 0 Å². The van der Waals surface area contributed by atoms with Crippen molar-refractivity contribution in [2.24, 2.45) is 0 Å². The van der Waals surface area contributed by atoms with Crippen LogP contribution in [0.25, 0.3) is 0 Å². The smallest absolute Gasteiger partial charge is 0.193 e. The largest absolute Gasteiger partial charge is 0.289 e. The number of carbonyl (C=O) groups is 1. The normalized spacial score (nSPS) is 10.6. The Bertz CT molecular complexity index is 579. The van der Waals surface area contributed by atoms with Crippen LogP contribution in [0, 0.1) is 6.92 Å². The van der Waals surface area contributed by atoms with Gasteiger partial charge < -0.3 is 0 Å².